The Balaban J connectivity index is 1.54. The summed E-state index contributed by atoms with van der Waals surface area (Å²) in [6.45, 7) is 2.02. The lowest BCUT2D eigenvalue weighted by Gasteiger charge is -1.99. The Hall–Kier alpha value is -3.41. The van der Waals surface area contributed by atoms with Crippen molar-refractivity contribution in [2.45, 2.75) is 20.0 Å². The average molecular weight is 364 g/mol. The lowest BCUT2D eigenvalue weighted by molar-refractivity contribution is -0.139. The van der Waals surface area contributed by atoms with Gasteiger partial charge in [-0.3, -0.25) is 0 Å². The van der Waals surface area contributed by atoms with Gasteiger partial charge in [0.2, 0.25) is 5.82 Å². The number of nitrogens with zero attached hydrogens (tertiary/aromatic N) is 2. The van der Waals surface area contributed by atoms with Gasteiger partial charge in [0.1, 0.15) is 5.75 Å². The first kappa shape index (κ1) is 18.4. The molecule has 0 unspecified atom stereocenters. The molecule has 0 N–H and O–H groups in total. The zero-order valence-corrected chi connectivity index (χ0v) is 15.2. The van der Waals surface area contributed by atoms with Crippen molar-refractivity contribution >= 4 is 12.0 Å². The average Bonchev–Trinajstić information content (AvgIpc) is 3.20. The van der Waals surface area contributed by atoms with Crippen LogP contribution in [-0.2, 0) is 22.6 Å². The lowest BCUT2D eigenvalue weighted by atomic mass is 10.1. The van der Waals surface area contributed by atoms with E-state index in [9.17, 15) is 4.79 Å². The smallest absolute Gasteiger partial charge is 0.331 e. The van der Waals surface area contributed by atoms with Crippen LogP contribution in [0.4, 0.5) is 0 Å². The van der Waals surface area contributed by atoms with Crippen LogP contribution in [0, 0.1) is 0 Å². The van der Waals surface area contributed by atoms with Gasteiger partial charge in [-0.05, 0) is 35.8 Å². The number of benzene rings is 2. The number of aryl methyl sites for hydroxylation is 1. The molecule has 0 radical (unpaired) electrons. The summed E-state index contributed by atoms with van der Waals surface area (Å²) in [5.41, 5.74) is 2.95. The highest BCUT2D eigenvalue weighted by atomic mass is 16.6. The Morgan fingerprint density at radius 1 is 1.11 bits per heavy atom. The zero-order valence-electron chi connectivity index (χ0n) is 15.2. The van der Waals surface area contributed by atoms with Crippen LogP contribution in [0.15, 0.2) is 59.1 Å². The van der Waals surface area contributed by atoms with Gasteiger partial charge in [0, 0.05) is 11.6 Å². The Labute approximate surface area is 157 Å². The van der Waals surface area contributed by atoms with Gasteiger partial charge in [-0.1, -0.05) is 48.5 Å². The van der Waals surface area contributed by atoms with E-state index in [0.29, 0.717) is 5.82 Å². The van der Waals surface area contributed by atoms with Gasteiger partial charge in [0.25, 0.3) is 5.89 Å². The molecular formula is C21H20N2O4. The summed E-state index contributed by atoms with van der Waals surface area (Å²) < 4.78 is 15.4. The molecule has 6 heteroatoms. The second-order valence-electron chi connectivity index (χ2n) is 5.78. The minimum atomic E-state index is -0.488. The Bertz CT molecular complexity index is 912. The molecule has 0 atom stereocenters. The normalized spacial score (nSPS) is 10.9. The molecule has 6 nitrogen and oxygen atoms in total. The number of ether oxygens (including phenoxy) is 2. The van der Waals surface area contributed by atoms with Crippen molar-refractivity contribution in [2.75, 3.05) is 7.11 Å². The summed E-state index contributed by atoms with van der Waals surface area (Å²) in [6, 6.07) is 15.3. The highest BCUT2D eigenvalue weighted by molar-refractivity contribution is 5.87. The fourth-order valence-electron chi connectivity index (χ4n) is 2.38. The number of esters is 1. The van der Waals surface area contributed by atoms with Crippen molar-refractivity contribution in [3.63, 3.8) is 0 Å². The monoisotopic (exact) mass is 364 g/mol. The predicted octanol–water partition coefficient (Wildman–Crippen LogP) is 4.06. The summed E-state index contributed by atoms with van der Waals surface area (Å²) in [4.78, 5) is 16.1. The van der Waals surface area contributed by atoms with Gasteiger partial charge >= 0.3 is 5.97 Å². The summed E-state index contributed by atoms with van der Waals surface area (Å²) in [5.74, 6) is 0.984. The van der Waals surface area contributed by atoms with Crippen LogP contribution in [0.2, 0.25) is 0 Å². The molecule has 3 rings (SSSR count). The molecule has 0 spiro atoms. The molecule has 3 aromatic rings. The number of rotatable bonds is 7. The van der Waals surface area contributed by atoms with E-state index in [1.807, 2.05) is 48.5 Å². The first-order valence-corrected chi connectivity index (χ1v) is 8.58. The van der Waals surface area contributed by atoms with Crippen molar-refractivity contribution in [1.29, 1.82) is 0 Å². The van der Waals surface area contributed by atoms with Crippen LogP contribution in [0.3, 0.4) is 0 Å². The van der Waals surface area contributed by atoms with E-state index in [1.165, 1.54) is 11.6 Å². The molecular weight excluding hydrogens is 344 g/mol. The maximum atomic E-state index is 11.8. The van der Waals surface area contributed by atoms with Crippen molar-refractivity contribution < 1.29 is 18.8 Å². The third-order valence-corrected chi connectivity index (χ3v) is 3.95. The van der Waals surface area contributed by atoms with Crippen LogP contribution in [-0.4, -0.2) is 23.2 Å². The molecule has 0 amide bonds. The van der Waals surface area contributed by atoms with Gasteiger partial charge in [-0.15, -0.1) is 0 Å². The van der Waals surface area contributed by atoms with E-state index >= 15 is 0 Å². The SMILES string of the molecule is CCc1ccc(-c2noc(COC(=O)/C=C/c3ccc(OC)cc3)n2)cc1. The lowest BCUT2D eigenvalue weighted by Crippen LogP contribution is -2.01. The number of carbonyl (C=O) groups excluding carboxylic acids is 1. The van der Waals surface area contributed by atoms with E-state index in [2.05, 4.69) is 17.1 Å². The van der Waals surface area contributed by atoms with Gasteiger partial charge < -0.3 is 14.0 Å². The van der Waals surface area contributed by atoms with E-state index in [0.717, 1.165) is 23.3 Å². The van der Waals surface area contributed by atoms with Gasteiger partial charge in [-0.25, -0.2) is 4.79 Å². The minimum absolute atomic E-state index is 0.0776. The second-order valence-corrected chi connectivity index (χ2v) is 5.78. The Morgan fingerprint density at radius 3 is 2.52 bits per heavy atom. The molecule has 138 valence electrons. The van der Waals surface area contributed by atoms with Crippen LogP contribution >= 0.6 is 0 Å². The summed E-state index contributed by atoms with van der Waals surface area (Å²) in [7, 11) is 1.60. The first-order valence-electron chi connectivity index (χ1n) is 8.58. The van der Waals surface area contributed by atoms with Crippen LogP contribution in [0.25, 0.3) is 17.5 Å². The zero-order chi connectivity index (χ0) is 19.1. The summed E-state index contributed by atoms with van der Waals surface area (Å²) in [5, 5.41) is 3.92. The summed E-state index contributed by atoms with van der Waals surface area (Å²) in [6.07, 6.45) is 3.98. The van der Waals surface area contributed by atoms with Crippen LogP contribution < -0.4 is 4.74 Å². The van der Waals surface area contributed by atoms with Gasteiger partial charge in [-0.2, -0.15) is 4.98 Å². The number of hydrogen-bond acceptors (Lipinski definition) is 6. The van der Waals surface area contributed by atoms with Crippen LogP contribution in [0.5, 0.6) is 5.75 Å². The second kappa shape index (κ2) is 8.80. The number of aromatic nitrogens is 2. The quantitative estimate of drug-likeness (QED) is 0.465. The molecule has 0 saturated heterocycles. The van der Waals surface area contributed by atoms with E-state index in [1.54, 1.807) is 13.2 Å². The van der Waals surface area contributed by atoms with Gasteiger partial charge in [0.05, 0.1) is 7.11 Å². The van der Waals surface area contributed by atoms with E-state index < -0.39 is 5.97 Å². The third kappa shape index (κ3) is 5.04. The molecule has 2 aromatic carbocycles. The number of methoxy groups -OCH3 is 1. The largest absolute Gasteiger partial charge is 0.497 e. The molecule has 27 heavy (non-hydrogen) atoms. The fourth-order valence-corrected chi connectivity index (χ4v) is 2.38. The number of carbonyl (C=O) groups is 1. The van der Waals surface area contributed by atoms with Crippen LogP contribution in [0.1, 0.15) is 23.9 Å². The predicted molar refractivity (Wildman–Crippen MR) is 101 cm³/mol. The molecule has 1 aromatic heterocycles. The first-order chi connectivity index (χ1) is 13.2. The molecule has 0 aliphatic rings. The van der Waals surface area contributed by atoms with Crippen molar-refractivity contribution in [2.24, 2.45) is 0 Å². The summed E-state index contributed by atoms with van der Waals surface area (Å²) >= 11 is 0. The Kier molecular flexibility index (Phi) is 5.99. The standard InChI is InChI=1S/C21H20N2O4/c1-3-15-4-9-17(10-5-15)21-22-19(27-23-21)14-26-20(24)13-8-16-6-11-18(25-2)12-7-16/h4-13H,3,14H2,1-2H3/b13-8+. The highest BCUT2D eigenvalue weighted by Gasteiger charge is 2.10. The van der Waals surface area contributed by atoms with Crippen molar-refractivity contribution in [1.82, 2.24) is 10.1 Å². The molecule has 0 aliphatic carbocycles. The maximum Gasteiger partial charge on any atom is 0.331 e. The Morgan fingerprint density at radius 2 is 1.85 bits per heavy atom. The van der Waals surface area contributed by atoms with E-state index in [-0.39, 0.29) is 12.5 Å². The van der Waals surface area contributed by atoms with Gasteiger partial charge in [0.15, 0.2) is 6.61 Å². The molecule has 0 bridgehead atoms. The van der Waals surface area contributed by atoms with E-state index in [4.69, 9.17) is 14.0 Å². The number of hydrogen-bond donors (Lipinski definition) is 0. The van der Waals surface area contributed by atoms with Crippen molar-refractivity contribution in [3.8, 4) is 17.1 Å². The molecule has 0 fully saturated rings. The third-order valence-electron chi connectivity index (χ3n) is 3.95. The highest BCUT2D eigenvalue weighted by Crippen LogP contribution is 2.17. The maximum absolute atomic E-state index is 11.8. The van der Waals surface area contributed by atoms with Crippen molar-refractivity contribution in [3.05, 3.63) is 71.6 Å². The molecule has 0 aliphatic heterocycles. The molecule has 0 saturated carbocycles. The minimum Gasteiger partial charge on any atom is -0.497 e. The molecule has 1 heterocycles. The fraction of sp³-hybridized carbons (Fsp3) is 0.190. The topological polar surface area (TPSA) is 74.5 Å².